The molecule has 1 aromatic carbocycles. The highest BCUT2D eigenvalue weighted by molar-refractivity contribution is 5.66. The zero-order valence-corrected chi connectivity index (χ0v) is 14.6. The summed E-state index contributed by atoms with van der Waals surface area (Å²) < 4.78 is 5.65. The van der Waals surface area contributed by atoms with E-state index in [2.05, 4.69) is 36.1 Å². The van der Waals surface area contributed by atoms with E-state index >= 15 is 0 Å². The first-order chi connectivity index (χ1) is 11.6. The zero-order valence-electron chi connectivity index (χ0n) is 14.6. The lowest BCUT2D eigenvalue weighted by Gasteiger charge is -2.21. The number of carbonyl (C=O) groups is 1. The summed E-state index contributed by atoms with van der Waals surface area (Å²) in [4.78, 5) is 13.1. The molecule has 0 bridgehead atoms. The Labute approximate surface area is 144 Å². The molecule has 0 saturated carbocycles. The Morgan fingerprint density at radius 1 is 1.17 bits per heavy atom. The number of unbranched alkanes of at least 4 members (excludes halogenated alkanes) is 1. The number of hydrogen-bond acceptors (Lipinski definition) is 3. The number of rotatable bonds is 10. The third-order valence-corrected chi connectivity index (χ3v) is 4.03. The van der Waals surface area contributed by atoms with Crippen LogP contribution >= 0.6 is 0 Å². The standard InChI is InChI=1S/C20H27NO3/c1-3-4-6-17-7-5-8-18(13-17)14-21(12-11-20(22)23)15-19-10-9-16(2)24-19/h5,7-10,13H,3-4,6,11-12,14-15H2,1-2H3,(H,22,23). The highest BCUT2D eigenvalue weighted by Gasteiger charge is 2.12. The SMILES string of the molecule is CCCCc1cccc(CN(CCC(=O)O)Cc2ccc(C)o2)c1. The van der Waals surface area contributed by atoms with E-state index in [0.717, 1.165) is 24.5 Å². The molecule has 0 radical (unpaired) electrons. The normalized spacial score (nSPS) is 11.1. The van der Waals surface area contributed by atoms with Gasteiger partial charge in [0.05, 0.1) is 13.0 Å². The second kappa shape index (κ2) is 9.28. The molecule has 1 heterocycles. The van der Waals surface area contributed by atoms with Crippen molar-refractivity contribution in [3.8, 4) is 0 Å². The van der Waals surface area contributed by atoms with Gasteiger partial charge in [-0.05, 0) is 43.0 Å². The molecule has 2 aromatic rings. The minimum Gasteiger partial charge on any atom is -0.481 e. The molecule has 0 aliphatic rings. The molecule has 4 heteroatoms. The van der Waals surface area contributed by atoms with E-state index in [1.807, 2.05) is 19.1 Å². The fourth-order valence-corrected chi connectivity index (χ4v) is 2.78. The van der Waals surface area contributed by atoms with Gasteiger partial charge >= 0.3 is 5.97 Å². The van der Waals surface area contributed by atoms with E-state index in [1.165, 1.54) is 24.0 Å². The van der Waals surface area contributed by atoms with Crippen LogP contribution in [0.3, 0.4) is 0 Å². The van der Waals surface area contributed by atoms with Crippen LogP contribution in [0.5, 0.6) is 0 Å². The van der Waals surface area contributed by atoms with Crippen LogP contribution in [0.25, 0.3) is 0 Å². The zero-order chi connectivity index (χ0) is 17.4. The summed E-state index contributed by atoms with van der Waals surface area (Å²) in [6, 6.07) is 12.5. The van der Waals surface area contributed by atoms with Gasteiger partial charge in [0.25, 0.3) is 0 Å². The highest BCUT2D eigenvalue weighted by atomic mass is 16.4. The predicted octanol–water partition coefficient (Wildman–Crippen LogP) is 4.41. The number of benzene rings is 1. The molecule has 0 aliphatic heterocycles. The van der Waals surface area contributed by atoms with Gasteiger partial charge < -0.3 is 9.52 Å². The van der Waals surface area contributed by atoms with Crippen molar-refractivity contribution in [3.05, 3.63) is 59.0 Å². The average Bonchev–Trinajstić information content (AvgIpc) is 2.96. The molecule has 0 unspecified atom stereocenters. The first-order valence-electron chi connectivity index (χ1n) is 8.64. The second-order valence-corrected chi connectivity index (χ2v) is 6.29. The van der Waals surface area contributed by atoms with Gasteiger partial charge in [-0.15, -0.1) is 0 Å². The minimum atomic E-state index is -0.771. The molecule has 0 spiro atoms. The molecular weight excluding hydrogens is 302 g/mol. The Morgan fingerprint density at radius 3 is 2.62 bits per heavy atom. The van der Waals surface area contributed by atoms with Gasteiger partial charge in [-0.25, -0.2) is 0 Å². The predicted molar refractivity (Wildman–Crippen MR) is 94.9 cm³/mol. The van der Waals surface area contributed by atoms with Crippen molar-refractivity contribution in [3.63, 3.8) is 0 Å². The molecular formula is C20H27NO3. The molecule has 4 nitrogen and oxygen atoms in total. The fraction of sp³-hybridized carbons (Fsp3) is 0.450. The van der Waals surface area contributed by atoms with Gasteiger partial charge in [0.1, 0.15) is 11.5 Å². The average molecular weight is 329 g/mol. The summed E-state index contributed by atoms with van der Waals surface area (Å²) in [5.41, 5.74) is 2.57. The van der Waals surface area contributed by atoms with E-state index in [0.29, 0.717) is 13.1 Å². The van der Waals surface area contributed by atoms with Crippen molar-refractivity contribution in [2.75, 3.05) is 6.54 Å². The van der Waals surface area contributed by atoms with Gasteiger partial charge in [-0.2, -0.15) is 0 Å². The van der Waals surface area contributed by atoms with Crippen LogP contribution in [0.1, 0.15) is 48.8 Å². The fourth-order valence-electron chi connectivity index (χ4n) is 2.78. The van der Waals surface area contributed by atoms with Gasteiger partial charge in [0, 0.05) is 13.1 Å². The summed E-state index contributed by atoms with van der Waals surface area (Å²) in [6.07, 6.45) is 3.61. The maximum absolute atomic E-state index is 10.9. The number of aliphatic carboxylic acids is 1. The van der Waals surface area contributed by atoms with E-state index in [-0.39, 0.29) is 6.42 Å². The van der Waals surface area contributed by atoms with Crippen LogP contribution in [0.2, 0.25) is 0 Å². The molecule has 2 rings (SSSR count). The summed E-state index contributed by atoms with van der Waals surface area (Å²) in [7, 11) is 0. The first-order valence-corrected chi connectivity index (χ1v) is 8.64. The lowest BCUT2D eigenvalue weighted by molar-refractivity contribution is -0.137. The van der Waals surface area contributed by atoms with Crippen LogP contribution in [-0.2, 0) is 24.3 Å². The number of carboxylic acids is 1. The number of furan rings is 1. The summed E-state index contributed by atoms with van der Waals surface area (Å²) >= 11 is 0. The lowest BCUT2D eigenvalue weighted by atomic mass is 10.1. The maximum atomic E-state index is 10.9. The van der Waals surface area contributed by atoms with Crippen molar-refractivity contribution in [1.29, 1.82) is 0 Å². The van der Waals surface area contributed by atoms with Crippen molar-refractivity contribution < 1.29 is 14.3 Å². The molecule has 0 saturated heterocycles. The topological polar surface area (TPSA) is 53.7 Å². The lowest BCUT2D eigenvalue weighted by Crippen LogP contribution is -2.25. The highest BCUT2D eigenvalue weighted by Crippen LogP contribution is 2.15. The summed E-state index contributed by atoms with van der Waals surface area (Å²) in [5.74, 6) is 0.983. The van der Waals surface area contributed by atoms with E-state index in [1.54, 1.807) is 0 Å². The molecule has 0 atom stereocenters. The van der Waals surface area contributed by atoms with Gasteiger partial charge in [-0.3, -0.25) is 9.69 Å². The smallest absolute Gasteiger partial charge is 0.304 e. The third-order valence-electron chi connectivity index (χ3n) is 4.03. The van der Waals surface area contributed by atoms with Crippen molar-refractivity contribution in [2.24, 2.45) is 0 Å². The third kappa shape index (κ3) is 6.20. The number of carboxylic acid groups (broad SMARTS) is 1. The molecule has 0 fully saturated rings. The molecule has 1 aromatic heterocycles. The summed E-state index contributed by atoms with van der Waals surface area (Å²) in [6.45, 7) is 5.98. The first kappa shape index (κ1) is 18.3. The van der Waals surface area contributed by atoms with Crippen LogP contribution in [0.4, 0.5) is 0 Å². The molecule has 0 amide bonds. The van der Waals surface area contributed by atoms with E-state index in [4.69, 9.17) is 9.52 Å². The van der Waals surface area contributed by atoms with Crippen molar-refractivity contribution >= 4 is 5.97 Å². The van der Waals surface area contributed by atoms with Crippen LogP contribution in [-0.4, -0.2) is 22.5 Å². The number of hydrogen-bond donors (Lipinski definition) is 1. The van der Waals surface area contributed by atoms with E-state index < -0.39 is 5.97 Å². The van der Waals surface area contributed by atoms with Gasteiger partial charge in [0.2, 0.25) is 0 Å². The molecule has 0 aliphatic carbocycles. The Bertz CT molecular complexity index is 648. The Morgan fingerprint density at radius 2 is 1.96 bits per heavy atom. The quantitative estimate of drug-likeness (QED) is 0.701. The second-order valence-electron chi connectivity index (χ2n) is 6.29. The Balaban J connectivity index is 2.04. The number of nitrogens with zero attached hydrogens (tertiary/aromatic N) is 1. The largest absolute Gasteiger partial charge is 0.481 e. The Hall–Kier alpha value is -2.07. The van der Waals surface area contributed by atoms with Crippen molar-refractivity contribution in [1.82, 2.24) is 4.90 Å². The van der Waals surface area contributed by atoms with E-state index in [9.17, 15) is 4.79 Å². The minimum absolute atomic E-state index is 0.134. The van der Waals surface area contributed by atoms with Crippen LogP contribution in [0.15, 0.2) is 40.8 Å². The monoisotopic (exact) mass is 329 g/mol. The molecule has 1 N–H and O–H groups in total. The van der Waals surface area contributed by atoms with Crippen LogP contribution in [0, 0.1) is 6.92 Å². The summed E-state index contributed by atoms with van der Waals surface area (Å²) in [5, 5.41) is 8.99. The molecule has 24 heavy (non-hydrogen) atoms. The van der Waals surface area contributed by atoms with Crippen LogP contribution < -0.4 is 0 Å². The van der Waals surface area contributed by atoms with Gasteiger partial charge in [0.15, 0.2) is 0 Å². The van der Waals surface area contributed by atoms with Crippen molar-refractivity contribution in [2.45, 2.75) is 52.6 Å². The maximum Gasteiger partial charge on any atom is 0.304 e. The number of aryl methyl sites for hydroxylation is 2. The Kier molecular flexibility index (Phi) is 7.07. The van der Waals surface area contributed by atoms with Gasteiger partial charge in [-0.1, -0.05) is 37.6 Å². The molecule has 130 valence electrons.